The topological polar surface area (TPSA) is 102 Å². The Labute approximate surface area is 131 Å². The van der Waals surface area contributed by atoms with Crippen molar-refractivity contribution in [3.8, 4) is 5.75 Å². The molecular formula is C14H23N3O4S. The molecule has 0 aliphatic rings. The minimum atomic E-state index is -3.69. The summed E-state index contributed by atoms with van der Waals surface area (Å²) in [7, 11) is 0.542. The van der Waals surface area contributed by atoms with Gasteiger partial charge in [0.2, 0.25) is 10.0 Å². The molecule has 124 valence electrons. The van der Waals surface area contributed by atoms with Gasteiger partial charge in [0, 0.05) is 26.2 Å². The largest absolute Gasteiger partial charge is 0.495 e. The van der Waals surface area contributed by atoms with Gasteiger partial charge in [0.1, 0.15) is 10.6 Å². The third kappa shape index (κ3) is 4.43. The molecular weight excluding hydrogens is 306 g/mol. The van der Waals surface area contributed by atoms with Gasteiger partial charge >= 0.3 is 0 Å². The molecule has 1 aromatic carbocycles. The zero-order valence-electron chi connectivity index (χ0n) is 13.1. The number of methoxy groups -OCH3 is 1. The minimum Gasteiger partial charge on any atom is -0.495 e. The molecule has 8 heteroatoms. The molecule has 3 N–H and O–H groups in total. The maximum absolute atomic E-state index is 12.3. The first-order chi connectivity index (χ1) is 10.3. The number of sulfonamides is 1. The highest BCUT2D eigenvalue weighted by atomic mass is 32.2. The van der Waals surface area contributed by atoms with Gasteiger partial charge in [0.05, 0.1) is 7.11 Å². The number of unbranched alkanes of at least 4 members (excludes halogenated alkanes) is 1. The van der Waals surface area contributed by atoms with E-state index in [1.807, 2.05) is 0 Å². The van der Waals surface area contributed by atoms with E-state index in [9.17, 15) is 13.2 Å². The van der Waals surface area contributed by atoms with Crippen molar-refractivity contribution in [1.82, 2.24) is 9.62 Å². The zero-order chi connectivity index (χ0) is 16.8. The van der Waals surface area contributed by atoms with Crippen molar-refractivity contribution in [3.63, 3.8) is 0 Å². The lowest BCUT2D eigenvalue weighted by molar-refractivity contribution is 0.0953. The van der Waals surface area contributed by atoms with Crippen LogP contribution in [-0.2, 0) is 10.0 Å². The Hall–Kier alpha value is -1.64. The second kappa shape index (κ2) is 8.11. The quantitative estimate of drug-likeness (QED) is 0.673. The van der Waals surface area contributed by atoms with E-state index in [0.717, 1.165) is 17.1 Å². The zero-order valence-corrected chi connectivity index (χ0v) is 13.9. The van der Waals surface area contributed by atoms with Crippen LogP contribution in [-0.4, -0.2) is 52.9 Å². The lowest BCUT2D eigenvalue weighted by Crippen LogP contribution is -2.26. The molecule has 0 aliphatic carbocycles. The highest BCUT2D eigenvalue weighted by Gasteiger charge is 2.23. The lowest BCUT2D eigenvalue weighted by atomic mass is 10.2. The minimum absolute atomic E-state index is 0.0328. The van der Waals surface area contributed by atoms with E-state index in [1.54, 1.807) is 0 Å². The van der Waals surface area contributed by atoms with Crippen LogP contribution >= 0.6 is 0 Å². The van der Waals surface area contributed by atoms with Gasteiger partial charge in [-0.05, 0) is 37.6 Å². The summed E-state index contributed by atoms with van der Waals surface area (Å²) >= 11 is 0. The molecule has 1 rings (SSSR count). The number of nitrogens with two attached hydrogens (primary N) is 1. The van der Waals surface area contributed by atoms with Crippen molar-refractivity contribution in [2.75, 3.05) is 34.3 Å². The number of ether oxygens (including phenoxy) is 1. The molecule has 1 amide bonds. The number of carbonyl (C=O) groups excluding carboxylic acids is 1. The Bertz CT molecular complexity index is 615. The van der Waals surface area contributed by atoms with E-state index in [1.165, 1.54) is 39.4 Å². The molecule has 0 heterocycles. The van der Waals surface area contributed by atoms with Crippen molar-refractivity contribution in [1.29, 1.82) is 0 Å². The van der Waals surface area contributed by atoms with Crippen LogP contribution in [0.4, 0.5) is 0 Å². The average Bonchev–Trinajstić information content (AvgIpc) is 2.50. The summed E-state index contributed by atoms with van der Waals surface area (Å²) in [6.45, 7) is 1.07. The monoisotopic (exact) mass is 329 g/mol. The SMILES string of the molecule is COc1ccc(C(=O)NCCCCN)cc1S(=O)(=O)N(C)C. The van der Waals surface area contributed by atoms with Gasteiger partial charge in [-0.25, -0.2) is 12.7 Å². The van der Waals surface area contributed by atoms with Crippen LogP contribution in [0.25, 0.3) is 0 Å². The van der Waals surface area contributed by atoms with E-state index in [2.05, 4.69) is 5.32 Å². The van der Waals surface area contributed by atoms with Crippen LogP contribution in [0.15, 0.2) is 23.1 Å². The van der Waals surface area contributed by atoms with Crippen molar-refractivity contribution >= 4 is 15.9 Å². The highest BCUT2D eigenvalue weighted by molar-refractivity contribution is 7.89. The number of benzene rings is 1. The van der Waals surface area contributed by atoms with Crippen LogP contribution in [0.1, 0.15) is 23.2 Å². The van der Waals surface area contributed by atoms with Crippen LogP contribution < -0.4 is 15.8 Å². The van der Waals surface area contributed by atoms with E-state index >= 15 is 0 Å². The first-order valence-electron chi connectivity index (χ1n) is 6.93. The molecule has 0 bridgehead atoms. The fraction of sp³-hybridized carbons (Fsp3) is 0.500. The third-order valence-electron chi connectivity index (χ3n) is 3.10. The summed E-state index contributed by atoms with van der Waals surface area (Å²) in [5.41, 5.74) is 5.66. The van der Waals surface area contributed by atoms with E-state index in [0.29, 0.717) is 13.1 Å². The first kappa shape index (κ1) is 18.4. The predicted octanol–water partition coefficient (Wildman–Crippen LogP) is 0.414. The van der Waals surface area contributed by atoms with Gasteiger partial charge < -0.3 is 15.8 Å². The van der Waals surface area contributed by atoms with Crippen molar-refractivity contribution in [2.24, 2.45) is 5.73 Å². The molecule has 1 aromatic rings. The Kier molecular flexibility index (Phi) is 6.79. The maximum atomic E-state index is 12.3. The molecule has 0 spiro atoms. The normalized spacial score (nSPS) is 11.5. The second-order valence-electron chi connectivity index (χ2n) is 4.90. The third-order valence-corrected chi connectivity index (χ3v) is 4.94. The van der Waals surface area contributed by atoms with Crippen LogP contribution in [0.5, 0.6) is 5.75 Å². The molecule has 22 heavy (non-hydrogen) atoms. The smallest absolute Gasteiger partial charge is 0.251 e. The predicted molar refractivity (Wildman–Crippen MR) is 84.5 cm³/mol. The maximum Gasteiger partial charge on any atom is 0.251 e. The van der Waals surface area contributed by atoms with Crippen LogP contribution in [0.2, 0.25) is 0 Å². The van der Waals surface area contributed by atoms with Gasteiger partial charge in [-0.15, -0.1) is 0 Å². The van der Waals surface area contributed by atoms with Gasteiger partial charge in [-0.1, -0.05) is 0 Å². The van der Waals surface area contributed by atoms with Crippen LogP contribution in [0.3, 0.4) is 0 Å². The molecule has 0 saturated carbocycles. The molecule has 0 aromatic heterocycles. The number of nitrogens with one attached hydrogen (secondary N) is 1. The van der Waals surface area contributed by atoms with Gasteiger partial charge in [0.15, 0.2) is 0 Å². The Morgan fingerprint density at radius 3 is 2.55 bits per heavy atom. The van der Waals surface area contributed by atoms with Gasteiger partial charge in [-0.3, -0.25) is 4.79 Å². The molecule has 0 unspecified atom stereocenters. The number of hydrogen-bond donors (Lipinski definition) is 2. The highest BCUT2D eigenvalue weighted by Crippen LogP contribution is 2.26. The summed E-state index contributed by atoms with van der Waals surface area (Å²) < 4.78 is 30.7. The first-order valence-corrected chi connectivity index (χ1v) is 8.37. The average molecular weight is 329 g/mol. The summed E-state index contributed by atoms with van der Waals surface area (Å²) in [6, 6.07) is 4.34. The summed E-state index contributed by atoms with van der Waals surface area (Å²) in [5, 5.41) is 2.74. The molecule has 0 aliphatic heterocycles. The molecule has 0 radical (unpaired) electrons. The van der Waals surface area contributed by atoms with E-state index < -0.39 is 10.0 Å². The Morgan fingerprint density at radius 1 is 1.32 bits per heavy atom. The van der Waals surface area contributed by atoms with E-state index in [4.69, 9.17) is 10.5 Å². The van der Waals surface area contributed by atoms with Crippen molar-refractivity contribution in [2.45, 2.75) is 17.7 Å². The molecule has 7 nitrogen and oxygen atoms in total. The number of carbonyl (C=O) groups is 1. The Balaban J connectivity index is 3.03. The lowest BCUT2D eigenvalue weighted by Gasteiger charge is -2.15. The summed E-state index contributed by atoms with van der Waals surface area (Å²) in [5.74, 6) is -0.122. The summed E-state index contributed by atoms with van der Waals surface area (Å²) in [4.78, 5) is 12.0. The van der Waals surface area contributed by atoms with E-state index in [-0.39, 0.29) is 22.1 Å². The summed E-state index contributed by atoms with van der Waals surface area (Å²) in [6.07, 6.45) is 1.60. The second-order valence-corrected chi connectivity index (χ2v) is 7.03. The molecule has 0 fully saturated rings. The van der Waals surface area contributed by atoms with Gasteiger partial charge in [0.25, 0.3) is 5.91 Å². The van der Waals surface area contributed by atoms with Gasteiger partial charge in [-0.2, -0.15) is 0 Å². The van der Waals surface area contributed by atoms with Crippen LogP contribution in [0, 0.1) is 0 Å². The van der Waals surface area contributed by atoms with Crippen molar-refractivity contribution in [3.05, 3.63) is 23.8 Å². The fourth-order valence-electron chi connectivity index (χ4n) is 1.79. The number of nitrogens with zero attached hydrogens (tertiary/aromatic N) is 1. The standard InChI is InChI=1S/C14H23N3O4S/c1-17(2)22(19,20)13-10-11(6-7-12(13)21-3)14(18)16-9-5-4-8-15/h6-7,10H,4-5,8-9,15H2,1-3H3,(H,16,18). The fourth-order valence-corrected chi connectivity index (χ4v) is 2.86. The number of hydrogen-bond acceptors (Lipinski definition) is 5. The number of amides is 1. The molecule has 0 saturated heterocycles. The Morgan fingerprint density at radius 2 is 2.00 bits per heavy atom. The number of rotatable bonds is 8. The molecule has 0 atom stereocenters. The van der Waals surface area contributed by atoms with Crippen molar-refractivity contribution < 1.29 is 17.9 Å².